The summed E-state index contributed by atoms with van der Waals surface area (Å²) in [4.78, 5) is 2.35. The zero-order chi connectivity index (χ0) is 11.5. The Balaban J connectivity index is 2.45. The number of hydrogen-bond donors (Lipinski definition) is 2. The van der Waals surface area contributed by atoms with E-state index < -0.39 is 0 Å². The van der Waals surface area contributed by atoms with E-state index in [1.54, 1.807) is 0 Å². The highest BCUT2D eigenvalue weighted by Gasteiger charge is 2.29. The second kappa shape index (κ2) is 5.25. The fraction of sp³-hybridized carbons (Fsp3) is 1.00. The quantitative estimate of drug-likeness (QED) is 0.697. The van der Waals surface area contributed by atoms with Gasteiger partial charge < -0.3 is 10.6 Å². The Morgan fingerprint density at radius 2 is 1.80 bits per heavy atom. The van der Waals surface area contributed by atoms with Crippen molar-refractivity contribution in [2.75, 3.05) is 39.8 Å². The summed E-state index contributed by atoms with van der Waals surface area (Å²) >= 11 is 0. The van der Waals surface area contributed by atoms with Crippen LogP contribution in [0.5, 0.6) is 0 Å². The molecule has 0 aromatic carbocycles. The molecule has 1 unspecified atom stereocenters. The third-order valence-corrected chi connectivity index (χ3v) is 3.62. The molecule has 0 aromatic rings. The average molecular weight is 214 g/mol. The van der Waals surface area contributed by atoms with Gasteiger partial charge in [0.15, 0.2) is 0 Å². The van der Waals surface area contributed by atoms with Crippen molar-refractivity contribution in [1.29, 1.82) is 0 Å². The van der Waals surface area contributed by atoms with E-state index in [0.29, 0.717) is 12.5 Å². The summed E-state index contributed by atoms with van der Waals surface area (Å²) in [5, 5.41) is 2.31. The van der Waals surface area contributed by atoms with Gasteiger partial charge in [0, 0.05) is 38.3 Å². The molecule has 1 rings (SSSR count). The van der Waals surface area contributed by atoms with Crippen LogP contribution in [0.15, 0.2) is 0 Å². The van der Waals surface area contributed by atoms with Gasteiger partial charge in [0.2, 0.25) is 0 Å². The third kappa shape index (κ3) is 3.41. The van der Waals surface area contributed by atoms with E-state index in [0.717, 1.165) is 26.2 Å². The molecule has 1 aliphatic rings. The molecule has 0 saturated carbocycles. The molecule has 4 nitrogen and oxygen atoms in total. The first kappa shape index (κ1) is 12.9. The third-order valence-electron chi connectivity index (χ3n) is 3.62. The molecule has 1 atom stereocenters. The summed E-state index contributed by atoms with van der Waals surface area (Å²) in [6.45, 7) is 11.7. The maximum absolute atomic E-state index is 5.85. The molecule has 0 aliphatic carbocycles. The largest absolute Gasteiger partial charge is 0.329 e. The van der Waals surface area contributed by atoms with Crippen LogP contribution in [0.4, 0.5) is 0 Å². The van der Waals surface area contributed by atoms with Gasteiger partial charge in [-0.15, -0.1) is 0 Å². The summed E-state index contributed by atoms with van der Waals surface area (Å²) in [6.07, 6.45) is 0. The minimum Gasteiger partial charge on any atom is -0.329 e. The molecule has 4 heteroatoms. The Kier molecular flexibility index (Phi) is 4.52. The van der Waals surface area contributed by atoms with E-state index in [9.17, 15) is 0 Å². The monoisotopic (exact) mass is 214 g/mol. The van der Waals surface area contributed by atoms with Gasteiger partial charge in [-0.25, -0.2) is 10.4 Å². The van der Waals surface area contributed by atoms with Crippen LogP contribution in [0.25, 0.3) is 0 Å². The lowest BCUT2D eigenvalue weighted by molar-refractivity contribution is 0.0439. The van der Waals surface area contributed by atoms with Crippen molar-refractivity contribution in [2.24, 2.45) is 11.7 Å². The summed E-state index contributed by atoms with van der Waals surface area (Å²) in [5.41, 5.74) is 9.46. The van der Waals surface area contributed by atoms with Gasteiger partial charge in [-0.2, -0.15) is 0 Å². The minimum absolute atomic E-state index is 0.0237. The summed E-state index contributed by atoms with van der Waals surface area (Å²) in [5.74, 6) is 0.544. The van der Waals surface area contributed by atoms with E-state index in [-0.39, 0.29) is 5.54 Å². The van der Waals surface area contributed by atoms with Gasteiger partial charge in [-0.05, 0) is 19.9 Å². The van der Waals surface area contributed by atoms with Crippen molar-refractivity contribution in [3.8, 4) is 0 Å². The van der Waals surface area contributed by atoms with E-state index in [1.165, 1.54) is 0 Å². The lowest BCUT2D eigenvalue weighted by Gasteiger charge is -2.42. The smallest absolute Gasteiger partial charge is 0.0442 e. The van der Waals surface area contributed by atoms with Gasteiger partial charge in [0.05, 0.1) is 0 Å². The number of hydrogen-bond acceptors (Lipinski definition) is 4. The van der Waals surface area contributed by atoms with Crippen molar-refractivity contribution < 1.29 is 0 Å². The Morgan fingerprint density at radius 1 is 1.27 bits per heavy atom. The van der Waals surface area contributed by atoms with Gasteiger partial charge in [0.1, 0.15) is 0 Å². The van der Waals surface area contributed by atoms with E-state index in [1.807, 2.05) is 0 Å². The molecule has 1 heterocycles. The van der Waals surface area contributed by atoms with Gasteiger partial charge in [0.25, 0.3) is 0 Å². The molecule has 0 spiro atoms. The van der Waals surface area contributed by atoms with Crippen LogP contribution in [0.2, 0.25) is 0 Å². The second-order valence-corrected chi connectivity index (χ2v) is 5.18. The number of nitrogens with one attached hydrogen (secondary N) is 1. The molecule has 0 amide bonds. The van der Waals surface area contributed by atoms with Crippen molar-refractivity contribution in [3.05, 3.63) is 0 Å². The van der Waals surface area contributed by atoms with Gasteiger partial charge >= 0.3 is 0 Å². The Morgan fingerprint density at radius 3 is 2.20 bits per heavy atom. The van der Waals surface area contributed by atoms with Crippen LogP contribution in [0, 0.1) is 5.92 Å². The molecule has 0 bridgehead atoms. The lowest BCUT2D eigenvalue weighted by atomic mass is 9.89. The maximum atomic E-state index is 5.85. The fourth-order valence-electron chi connectivity index (χ4n) is 1.69. The molecule has 0 radical (unpaired) electrons. The van der Waals surface area contributed by atoms with E-state index in [2.05, 4.69) is 43.2 Å². The van der Waals surface area contributed by atoms with Gasteiger partial charge in [-0.1, -0.05) is 13.8 Å². The van der Waals surface area contributed by atoms with Crippen LogP contribution < -0.4 is 11.2 Å². The molecule has 3 N–H and O–H groups in total. The van der Waals surface area contributed by atoms with Crippen LogP contribution in [0.3, 0.4) is 0 Å². The number of nitrogens with zero attached hydrogens (tertiary/aromatic N) is 2. The zero-order valence-electron chi connectivity index (χ0n) is 10.6. The SMILES string of the molecule is CC(C)C(C)(CN)NN1CCN(C)CC1. The first-order valence-electron chi connectivity index (χ1n) is 5.89. The topological polar surface area (TPSA) is 44.5 Å². The number of nitrogens with two attached hydrogens (primary N) is 1. The molecule has 1 fully saturated rings. The van der Waals surface area contributed by atoms with Crippen LogP contribution in [0.1, 0.15) is 20.8 Å². The van der Waals surface area contributed by atoms with Gasteiger partial charge in [-0.3, -0.25) is 0 Å². The van der Waals surface area contributed by atoms with Crippen molar-refractivity contribution in [2.45, 2.75) is 26.3 Å². The highest BCUT2D eigenvalue weighted by atomic mass is 15.5. The highest BCUT2D eigenvalue weighted by Crippen LogP contribution is 2.15. The summed E-state index contributed by atoms with van der Waals surface area (Å²) < 4.78 is 0. The molecule has 90 valence electrons. The number of likely N-dealkylation sites (N-methyl/N-ethyl adjacent to an activating group) is 1. The van der Waals surface area contributed by atoms with Crippen LogP contribution in [-0.2, 0) is 0 Å². The highest BCUT2D eigenvalue weighted by molar-refractivity contribution is 4.87. The Hall–Kier alpha value is -0.160. The average Bonchev–Trinajstić information content (AvgIpc) is 2.21. The first-order valence-corrected chi connectivity index (χ1v) is 5.89. The van der Waals surface area contributed by atoms with Crippen LogP contribution >= 0.6 is 0 Å². The first-order chi connectivity index (χ1) is 6.98. The zero-order valence-corrected chi connectivity index (χ0v) is 10.6. The normalized spacial score (nSPS) is 24.4. The Bertz CT molecular complexity index is 187. The molecule has 1 aliphatic heterocycles. The number of hydrazine groups is 1. The van der Waals surface area contributed by atoms with E-state index >= 15 is 0 Å². The maximum Gasteiger partial charge on any atom is 0.0442 e. The molecular weight excluding hydrogens is 188 g/mol. The second-order valence-electron chi connectivity index (χ2n) is 5.18. The van der Waals surface area contributed by atoms with Crippen molar-refractivity contribution >= 4 is 0 Å². The predicted octanol–water partition coefficient (Wildman–Crippen LogP) is 0.112. The molecule has 15 heavy (non-hydrogen) atoms. The Labute approximate surface area is 93.8 Å². The molecule has 0 aromatic heterocycles. The van der Waals surface area contributed by atoms with E-state index in [4.69, 9.17) is 5.73 Å². The number of piperazine rings is 1. The molecular formula is C11H26N4. The summed E-state index contributed by atoms with van der Waals surface area (Å²) in [6, 6.07) is 0. The standard InChI is InChI=1S/C11H26N4/c1-10(2)11(3,9-12)13-15-7-5-14(4)6-8-15/h10,13H,5-9,12H2,1-4H3. The lowest BCUT2D eigenvalue weighted by Crippen LogP contribution is -2.62. The van der Waals surface area contributed by atoms with Crippen LogP contribution in [-0.4, -0.2) is 55.2 Å². The predicted molar refractivity (Wildman–Crippen MR) is 64.5 cm³/mol. The van der Waals surface area contributed by atoms with Crippen molar-refractivity contribution in [3.63, 3.8) is 0 Å². The summed E-state index contributed by atoms with van der Waals surface area (Å²) in [7, 11) is 2.17. The van der Waals surface area contributed by atoms with Crippen molar-refractivity contribution in [1.82, 2.24) is 15.3 Å². The fourth-order valence-corrected chi connectivity index (χ4v) is 1.69. The number of rotatable bonds is 4. The minimum atomic E-state index is 0.0237. The molecule has 1 saturated heterocycles.